The van der Waals surface area contributed by atoms with Crippen LogP contribution < -0.4 is 5.32 Å². The molecule has 2 fully saturated rings. The van der Waals surface area contributed by atoms with Crippen LogP contribution in [0.4, 0.5) is 0 Å². The van der Waals surface area contributed by atoms with E-state index in [1.165, 1.54) is 6.42 Å². The molecule has 1 N–H and O–H groups in total. The SMILES string of the molecule is CC(NC(=O)C1CCC(C(=O)N2CCCCC2)CC1)c1ccccc1. The van der Waals surface area contributed by atoms with Gasteiger partial charge < -0.3 is 10.2 Å². The standard InChI is InChI=1S/C21H30N2O2/c1-16(17-8-4-2-5-9-17)22-20(24)18-10-12-19(13-11-18)21(25)23-14-6-3-7-15-23/h2,4-5,8-9,16,18-19H,3,6-7,10-15H2,1H3,(H,22,24). The molecule has 1 aliphatic heterocycles. The van der Waals surface area contributed by atoms with E-state index in [1.54, 1.807) is 0 Å². The molecule has 1 heterocycles. The zero-order valence-corrected chi connectivity index (χ0v) is 15.2. The van der Waals surface area contributed by atoms with Crippen molar-refractivity contribution < 1.29 is 9.59 Å². The van der Waals surface area contributed by atoms with Crippen LogP contribution in [0.1, 0.15) is 63.5 Å². The van der Waals surface area contributed by atoms with Crippen molar-refractivity contribution in [2.45, 2.75) is 57.9 Å². The second kappa shape index (κ2) is 8.50. The zero-order chi connectivity index (χ0) is 17.6. The van der Waals surface area contributed by atoms with Crippen molar-refractivity contribution in [3.8, 4) is 0 Å². The Bertz CT molecular complexity index is 573. The number of piperidine rings is 1. The van der Waals surface area contributed by atoms with Gasteiger partial charge in [-0.3, -0.25) is 9.59 Å². The summed E-state index contributed by atoms with van der Waals surface area (Å²) in [6, 6.07) is 10.1. The summed E-state index contributed by atoms with van der Waals surface area (Å²) in [6.45, 7) is 3.88. The van der Waals surface area contributed by atoms with Gasteiger partial charge in [-0.1, -0.05) is 30.3 Å². The fraction of sp³-hybridized carbons (Fsp3) is 0.619. The normalized spacial score (nSPS) is 25.2. The molecular formula is C21H30N2O2. The molecule has 1 aliphatic carbocycles. The summed E-state index contributed by atoms with van der Waals surface area (Å²) in [4.78, 5) is 27.2. The molecule has 0 aromatic heterocycles. The summed E-state index contributed by atoms with van der Waals surface area (Å²) in [7, 11) is 0. The summed E-state index contributed by atoms with van der Waals surface area (Å²) in [6.07, 6.45) is 6.90. The fourth-order valence-electron chi connectivity index (χ4n) is 4.13. The Labute approximate surface area is 151 Å². The van der Waals surface area contributed by atoms with Crippen LogP contribution in [-0.2, 0) is 9.59 Å². The van der Waals surface area contributed by atoms with Gasteiger partial charge in [0.05, 0.1) is 6.04 Å². The van der Waals surface area contributed by atoms with Gasteiger partial charge in [0.25, 0.3) is 0 Å². The highest BCUT2D eigenvalue weighted by Gasteiger charge is 2.32. The van der Waals surface area contributed by atoms with Gasteiger partial charge in [-0.05, 0) is 57.4 Å². The molecule has 1 atom stereocenters. The number of benzene rings is 1. The van der Waals surface area contributed by atoms with Crippen molar-refractivity contribution in [1.82, 2.24) is 10.2 Å². The lowest BCUT2D eigenvalue weighted by atomic mass is 9.80. The molecule has 1 saturated carbocycles. The van der Waals surface area contributed by atoms with Gasteiger partial charge in [-0.25, -0.2) is 0 Å². The Hall–Kier alpha value is -1.84. The third kappa shape index (κ3) is 4.62. The largest absolute Gasteiger partial charge is 0.349 e. The second-order valence-electron chi connectivity index (χ2n) is 7.58. The van der Waals surface area contributed by atoms with Crippen molar-refractivity contribution >= 4 is 11.8 Å². The lowest BCUT2D eigenvalue weighted by molar-refractivity contribution is -0.139. The maximum atomic E-state index is 12.6. The van der Waals surface area contributed by atoms with Crippen LogP contribution in [0.3, 0.4) is 0 Å². The average Bonchev–Trinajstić information content (AvgIpc) is 2.69. The van der Waals surface area contributed by atoms with E-state index in [9.17, 15) is 9.59 Å². The fourth-order valence-corrected chi connectivity index (χ4v) is 4.13. The highest BCUT2D eigenvalue weighted by Crippen LogP contribution is 2.31. The third-order valence-corrected chi connectivity index (χ3v) is 5.77. The van der Waals surface area contributed by atoms with Gasteiger partial charge >= 0.3 is 0 Å². The van der Waals surface area contributed by atoms with Gasteiger partial charge in [0, 0.05) is 24.9 Å². The van der Waals surface area contributed by atoms with Crippen LogP contribution in [0.5, 0.6) is 0 Å². The minimum Gasteiger partial charge on any atom is -0.349 e. The van der Waals surface area contributed by atoms with Gasteiger partial charge in [0.15, 0.2) is 0 Å². The maximum absolute atomic E-state index is 12.6. The number of hydrogen-bond acceptors (Lipinski definition) is 2. The first-order chi connectivity index (χ1) is 12.1. The number of amides is 2. The van der Waals surface area contributed by atoms with Gasteiger partial charge in [-0.15, -0.1) is 0 Å². The molecular weight excluding hydrogens is 312 g/mol. The summed E-state index contributed by atoms with van der Waals surface area (Å²) >= 11 is 0. The monoisotopic (exact) mass is 342 g/mol. The molecule has 4 nitrogen and oxygen atoms in total. The first-order valence-corrected chi connectivity index (χ1v) is 9.79. The number of carbonyl (C=O) groups excluding carboxylic acids is 2. The number of hydrogen-bond donors (Lipinski definition) is 1. The lowest BCUT2D eigenvalue weighted by Crippen LogP contribution is -2.42. The molecule has 1 aromatic carbocycles. The topological polar surface area (TPSA) is 49.4 Å². The first-order valence-electron chi connectivity index (χ1n) is 9.79. The molecule has 0 spiro atoms. The Balaban J connectivity index is 1.46. The van der Waals surface area contributed by atoms with Crippen molar-refractivity contribution in [1.29, 1.82) is 0 Å². The van der Waals surface area contributed by atoms with Crippen LogP contribution in [0.2, 0.25) is 0 Å². The highest BCUT2D eigenvalue weighted by atomic mass is 16.2. The molecule has 1 unspecified atom stereocenters. The minimum absolute atomic E-state index is 0.0291. The number of nitrogens with one attached hydrogen (secondary N) is 1. The molecule has 0 radical (unpaired) electrons. The zero-order valence-electron chi connectivity index (χ0n) is 15.2. The van der Waals surface area contributed by atoms with E-state index < -0.39 is 0 Å². The van der Waals surface area contributed by atoms with E-state index >= 15 is 0 Å². The predicted octanol–water partition coefficient (Wildman–Crippen LogP) is 3.68. The van der Waals surface area contributed by atoms with Crippen LogP contribution in [-0.4, -0.2) is 29.8 Å². The van der Waals surface area contributed by atoms with Crippen LogP contribution in [0.15, 0.2) is 30.3 Å². The predicted molar refractivity (Wildman–Crippen MR) is 98.9 cm³/mol. The van der Waals surface area contributed by atoms with Gasteiger partial charge in [-0.2, -0.15) is 0 Å². The first kappa shape index (κ1) is 18.0. The molecule has 136 valence electrons. The number of likely N-dealkylation sites (tertiary alicyclic amines) is 1. The van der Waals surface area contributed by atoms with Gasteiger partial charge in [0.1, 0.15) is 0 Å². The van der Waals surface area contributed by atoms with Crippen molar-refractivity contribution in [3.63, 3.8) is 0 Å². The average molecular weight is 342 g/mol. The molecule has 1 aromatic rings. The molecule has 1 saturated heterocycles. The molecule has 25 heavy (non-hydrogen) atoms. The van der Waals surface area contributed by atoms with Crippen LogP contribution in [0.25, 0.3) is 0 Å². The number of carbonyl (C=O) groups is 2. The quantitative estimate of drug-likeness (QED) is 0.907. The maximum Gasteiger partial charge on any atom is 0.225 e. The summed E-state index contributed by atoms with van der Waals surface area (Å²) in [5, 5.41) is 3.14. The Morgan fingerprint density at radius 3 is 2.20 bits per heavy atom. The number of rotatable bonds is 4. The summed E-state index contributed by atoms with van der Waals surface area (Å²) in [5.41, 5.74) is 1.13. The smallest absolute Gasteiger partial charge is 0.225 e. The second-order valence-corrected chi connectivity index (χ2v) is 7.58. The number of nitrogens with zero attached hydrogens (tertiary/aromatic N) is 1. The molecule has 0 bridgehead atoms. The third-order valence-electron chi connectivity index (χ3n) is 5.77. The van der Waals surface area contributed by atoms with Gasteiger partial charge in [0.2, 0.25) is 11.8 Å². The Morgan fingerprint density at radius 2 is 1.56 bits per heavy atom. The lowest BCUT2D eigenvalue weighted by Gasteiger charge is -2.34. The van der Waals surface area contributed by atoms with E-state index in [-0.39, 0.29) is 23.8 Å². The van der Waals surface area contributed by atoms with E-state index in [1.807, 2.05) is 42.2 Å². The Morgan fingerprint density at radius 1 is 0.960 bits per heavy atom. The highest BCUT2D eigenvalue weighted by molar-refractivity contribution is 5.81. The minimum atomic E-state index is 0.0291. The van der Waals surface area contributed by atoms with Crippen LogP contribution in [0, 0.1) is 11.8 Å². The Kier molecular flexibility index (Phi) is 6.11. The van der Waals surface area contributed by atoms with E-state index in [0.29, 0.717) is 5.91 Å². The molecule has 4 heteroatoms. The van der Waals surface area contributed by atoms with Crippen LogP contribution >= 0.6 is 0 Å². The summed E-state index contributed by atoms with van der Waals surface area (Å²) in [5.74, 6) is 0.654. The molecule has 3 rings (SSSR count). The van der Waals surface area contributed by atoms with E-state index in [0.717, 1.165) is 57.2 Å². The molecule has 2 amide bonds. The van der Waals surface area contributed by atoms with Crippen molar-refractivity contribution in [2.24, 2.45) is 11.8 Å². The van der Waals surface area contributed by atoms with E-state index in [4.69, 9.17) is 0 Å². The summed E-state index contributed by atoms with van der Waals surface area (Å²) < 4.78 is 0. The van der Waals surface area contributed by atoms with Crippen molar-refractivity contribution in [3.05, 3.63) is 35.9 Å². The van der Waals surface area contributed by atoms with E-state index in [2.05, 4.69) is 5.32 Å². The molecule has 2 aliphatic rings. The van der Waals surface area contributed by atoms with Crippen molar-refractivity contribution in [2.75, 3.05) is 13.1 Å².